The molecule has 1 unspecified atom stereocenters. The first kappa shape index (κ1) is 19.3. The molecule has 1 saturated heterocycles. The molecule has 1 saturated carbocycles. The zero-order valence-electron chi connectivity index (χ0n) is 15.8. The molecule has 5 heteroatoms. The summed E-state index contributed by atoms with van der Waals surface area (Å²) in [7, 11) is 0. The summed E-state index contributed by atoms with van der Waals surface area (Å²) >= 11 is 0. The lowest BCUT2D eigenvalue weighted by atomic mass is 9.78. The number of carbonyl (C=O) groups excluding carboxylic acids is 1. The number of ether oxygens (including phenoxy) is 1. The first-order chi connectivity index (χ1) is 12.6. The van der Waals surface area contributed by atoms with Gasteiger partial charge in [-0.1, -0.05) is 25.0 Å². The van der Waals surface area contributed by atoms with Crippen LogP contribution in [0.15, 0.2) is 24.3 Å². The maximum atomic E-state index is 13.7. The van der Waals surface area contributed by atoms with E-state index >= 15 is 0 Å². The van der Waals surface area contributed by atoms with Crippen molar-refractivity contribution in [2.45, 2.75) is 56.9 Å². The number of rotatable bonds is 7. The Bertz CT molecular complexity index is 595. The van der Waals surface area contributed by atoms with E-state index in [4.69, 9.17) is 4.74 Å². The highest BCUT2D eigenvalue weighted by atomic mass is 19.1. The molecule has 1 amide bonds. The summed E-state index contributed by atoms with van der Waals surface area (Å²) in [5.74, 6) is -0.0905. The molecular formula is C21H31FN2O2. The summed E-state index contributed by atoms with van der Waals surface area (Å²) in [5, 5.41) is 3.14. The largest absolute Gasteiger partial charge is 0.379 e. The summed E-state index contributed by atoms with van der Waals surface area (Å²) in [5.41, 5.74) is 0.921. The molecule has 2 aliphatic rings. The SMILES string of the molecule is CC(CCC(=O)NCC1(c2cccc(F)c2)CCCC1)N1CCOCC1. The van der Waals surface area contributed by atoms with Crippen molar-refractivity contribution < 1.29 is 13.9 Å². The number of amides is 1. The normalized spacial score (nSPS) is 21.5. The number of morpholine rings is 1. The van der Waals surface area contributed by atoms with Gasteiger partial charge in [0.05, 0.1) is 13.2 Å². The third-order valence-corrected chi connectivity index (χ3v) is 6.08. The molecule has 1 N–H and O–H groups in total. The lowest BCUT2D eigenvalue weighted by Gasteiger charge is -2.32. The second-order valence-corrected chi connectivity index (χ2v) is 7.81. The van der Waals surface area contributed by atoms with Crippen molar-refractivity contribution in [2.75, 3.05) is 32.8 Å². The Morgan fingerprint density at radius 2 is 2.04 bits per heavy atom. The first-order valence-electron chi connectivity index (χ1n) is 9.94. The van der Waals surface area contributed by atoms with Gasteiger partial charge < -0.3 is 10.1 Å². The molecule has 144 valence electrons. The molecular weight excluding hydrogens is 331 g/mol. The molecule has 2 fully saturated rings. The van der Waals surface area contributed by atoms with E-state index in [0.29, 0.717) is 19.0 Å². The summed E-state index contributed by atoms with van der Waals surface area (Å²) in [6.45, 7) is 6.27. The van der Waals surface area contributed by atoms with Crippen LogP contribution in [0.5, 0.6) is 0 Å². The predicted octanol–water partition coefficient (Wildman–Crippen LogP) is 3.25. The minimum Gasteiger partial charge on any atom is -0.379 e. The molecule has 1 aliphatic heterocycles. The van der Waals surface area contributed by atoms with Gasteiger partial charge in [0.15, 0.2) is 0 Å². The number of benzene rings is 1. The average Bonchev–Trinajstić information content (AvgIpc) is 3.15. The van der Waals surface area contributed by atoms with Crippen LogP contribution in [0.2, 0.25) is 0 Å². The Morgan fingerprint density at radius 1 is 1.31 bits per heavy atom. The monoisotopic (exact) mass is 362 g/mol. The third-order valence-electron chi connectivity index (χ3n) is 6.08. The minimum atomic E-state index is -0.195. The van der Waals surface area contributed by atoms with Gasteiger partial charge in [-0.15, -0.1) is 0 Å². The molecule has 0 spiro atoms. The fourth-order valence-electron chi connectivity index (χ4n) is 4.33. The van der Waals surface area contributed by atoms with Gasteiger partial charge in [0.2, 0.25) is 5.91 Å². The number of halogens is 1. The van der Waals surface area contributed by atoms with E-state index in [1.807, 2.05) is 6.07 Å². The fourth-order valence-corrected chi connectivity index (χ4v) is 4.33. The van der Waals surface area contributed by atoms with Crippen molar-refractivity contribution in [3.05, 3.63) is 35.6 Å². The van der Waals surface area contributed by atoms with Crippen LogP contribution in [0.25, 0.3) is 0 Å². The second-order valence-electron chi connectivity index (χ2n) is 7.81. The van der Waals surface area contributed by atoms with Gasteiger partial charge in [-0.3, -0.25) is 9.69 Å². The Labute approximate surface area is 156 Å². The molecule has 26 heavy (non-hydrogen) atoms. The van der Waals surface area contributed by atoms with E-state index in [1.165, 1.54) is 6.07 Å². The predicted molar refractivity (Wildman–Crippen MR) is 101 cm³/mol. The average molecular weight is 362 g/mol. The maximum Gasteiger partial charge on any atom is 0.220 e. The number of nitrogens with zero attached hydrogens (tertiary/aromatic N) is 1. The zero-order valence-corrected chi connectivity index (χ0v) is 15.8. The van der Waals surface area contributed by atoms with Gasteiger partial charge in [0.25, 0.3) is 0 Å². The molecule has 0 bridgehead atoms. The quantitative estimate of drug-likeness (QED) is 0.810. The van der Waals surface area contributed by atoms with Gasteiger partial charge in [0.1, 0.15) is 5.82 Å². The van der Waals surface area contributed by atoms with Crippen LogP contribution in [0, 0.1) is 5.82 Å². The smallest absolute Gasteiger partial charge is 0.220 e. The van der Waals surface area contributed by atoms with Gasteiger partial charge in [-0.05, 0) is 43.9 Å². The van der Waals surface area contributed by atoms with Gasteiger partial charge in [-0.2, -0.15) is 0 Å². The molecule has 1 heterocycles. The highest BCUT2D eigenvalue weighted by Gasteiger charge is 2.36. The van der Waals surface area contributed by atoms with Crippen molar-refractivity contribution in [3.8, 4) is 0 Å². The highest BCUT2D eigenvalue weighted by molar-refractivity contribution is 5.76. The fraction of sp³-hybridized carbons (Fsp3) is 0.667. The van der Waals surface area contributed by atoms with Crippen LogP contribution in [0.1, 0.15) is 51.0 Å². The maximum absolute atomic E-state index is 13.7. The lowest BCUT2D eigenvalue weighted by Crippen LogP contribution is -2.43. The van der Waals surface area contributed by atoms with E-state index < -0.39 is 0 Å². The van der Waals surface area contributed by atoms with Crippen molar-refractivity contribution in [3.63, 3.8) is 0 Å². The topological polar surface area (TPSA) is 41.6 Å². The molecule has 4 nitrogen and oxygen atoms in total. The second kappa shape index (κ2) is 8.96. The molecule has 1 atom stereocenters. The Hall–Kier alpha value is -1.46. The van der Waals surface area contributed by atoms with E-state index in [2.05, 4.69) is 17.1 Å². The Morgan fingerprint density at radius 3 is 2.73 bits per heavy atom. The van der Waals surface area contributed by atoms with Crippen LogP contribution in [0.3, 0.4) is 0 Å². The van der Waals surface area contributed by atoms with Gasteiger partial charge in [0, 0.05) is 37.5 Å². The van der Waals surface area contributed by atoms with Crippen LogP contribution < -0.4 is 5.32 Å². The van der Waals surface area contributed by atoms with Crippen LogP contribution in [0.4, 0.5) is 4.39 Å². The van der Waals surface area contributed by atoms with Crippen molar-refractivity contribution in [2.24, 2.45) is 0 Å². The molecule has 1 aromatic rings. The Kier molecular flexibility index (Phi) is 6.65. The molecule has 0 aromatic heterocycles. The first-order valence-corrected chi connectivity index (χ1v) is 9.94. The van der Waals surface area contributed by atoms with Crippen LogP contribution >= 0.6 is 0 Å². The van der Waals surface area contributed by atoms with Crippen molar-refractivity contribution >= 4 is 5.91 Å². The van der Waals surface area contributed by atoms with E-state index in [0.717, 1.165) is 64.0 Å². The molecule has 1 aromatic carbocycles. The van der Waals surface area contributed by atoms with Crippen molar-refractivity contribution in [1.82, 2.24) is 10.2 Å². The lowest BCUT2D eigenvalue weighted by molar-refractivity contribution is -0.121. The molecule has 3 rings (SSSR count). The summed E-state index contributed by atoms with van der Waals surface area (Å²) in [4.78, 5) is 14.8. The van der Waals surface area contributed by atoms with Crippen LogP contribution in [-0.2, 0) is 14.9 Å². The summed E-state index contributed by atoms with van der Waals surface area (Å²) in [6.07, 6.45) is 5.71. The van der Waals surface area contributed by atoms with E-state index in [1.54, 1.807) is 12.1 Å². The Balaban J connectivity index is 1.50. The number of hydrogen-bond donors (Lipinski definition) is 1. The zero-order chi connectivity index (χ0) is 18.4. The van der Waals surface area contributed by atoms with E-state index in [-0.39, 0.29) is 17.1 Å². The van der Waals surface area contributed by atoms with Gasteiger partial charge >= 0.3 is 0 Å². The van der Waals surface area contributed by atoms with Crippen molar-refractivity contribution in [1.29, 1.82) is 0 Å². The van der Waals surface area contributed by atoms with Crippen LogP contribution in [-0.4, -0.2) is 49.7 Å². The minimum absolute atomic E-state index is 0.104. The number of carbonyl (C=O) groups is 1. The summed E-state index contributed by atoms with van der Waals surface area (Å²) < 4.78 is 19.1. The molecule has 1 aliphatic carbocycles. The standard InChI is InChI=1S/C21H31FN2O2/c1-17(24-11-13-26-14-12-24)7-8-20(25)23-16-21(9-2-3-10-21)18-5-4-6-19(22)15-18/h4-6,15,17H,2-3,7-14,16H2,1H3,(H,23,25). The van der Waals surface area contributed by atoms with E-state index in [9.17, 15) is 9.18 Å². The molecule has 0 radical (unpaired) electrons. The van der Waals surface area contributed by atoms with Gasteiger partial charge in [-0.25, -0.2) is 4.39 Å². The number of hydrogen-bond acceptors (Lipinski definition) is 3. The summed E-state index contributed by atoms with van der Waals surface area (Å²) in [6, 6.07) is 7.29. The third kappa shape index (κ3) is 4.83. The highest BCUT2D eigenvalue weighted by Crippen LogP contribution is 2.40. The number of nitrogens with one attached hydrogen (secondary N) is 1.